The van der Waals surface area contributed by atoms with Crippen molar-refractivity contribution >= 4 is 44.8 Å². The lowest BCUT2D eigenvalue weighted by atomic mass is 9.60. The number of ether oxygens (including phenoxy) is 1. The van der Waals surface area contributed by atoms with Crippen LogP contribution in [-0.4, -0.2) is 56.8 Å². The second kappa shape index (κ2) is 13.7. The smallest absolute Gasteiger partial charge is 0.237 e. The maximum Gasteiger partial charge on any atom is 0.237 e. The minimum atomic E-state index is -0.388. The summed E-state index contributed by atoms with van der Waals surface area (Å²) in [6.07, 6.45) is 4.34. The Morgan fingerprint density at radius 3 is 2.05 bits per heavy atom. The van der Waals surface area contributed by atoms with E-state index in [4.69, 9.17) is 4.74 Å². The van der Waals surface area contributed by atoms with Crippen LogP contribution < -0.4 is 10.2 Å². The second-order valence-corrected chi connectivity index (χ2v) is 15.8. The Balaban J connectivity index is 1.91. The lowest BCUT2D eigenvalue weighted by Gasteiger charge is -2.33. The number of carbonyl (C=O) groups is 4. The lowest BCUT2D eigenvalue weighted by Crippen LogP contribution is -2.45. The highest BCUT2D eigenvalue weighted by Gasteiger charge is 2.46. The number of nitrogens with one attached hydrogen (secondary N) is 1. The van der Waals surface area contributed by atoms with E-state index in [0.717, 1.165) is 24.8 Å². The Hall–Kier alpha value is -2.41. The number of anilines is 1. The van der Waals surface area contributed by atoms with Gasteiger partial charge in [0, 0.05) is 25.0 Å². The molecule has 3 amide bonds. The maximum absolute atomic E-state index is 13.1. The van der Waals surface area contributed by atoms with Gasteiger partial charge in [-0.25, -0.2) is 0 Å². The van der Waals surface area contributed by atoms with Crippen LogP contribution in [0.5, 0.6) is 0 Å². The van der Waals surface area contributed by atoms with Gasteiger partial charge in [0.25, 0.3) is 0 Å². The second-order valence-electron chi connectivity index (χ2n) is 15.8. The zero-order valence-corrected chi connectivity index (χ0v) is 29.0. The average Bonchev–Trinajstić information content (AvgIpc) is 3.20. The molecule has 0 spiro atoms. The number of carbonyl (C=O) groups excluding carboxylic acids is 4. The van der Waals surface area contributed by atoms with E-state index in [9.17, 15) is 19.2 Å². The van der Waals surface area contributed by atoms with Gasteiger partial charge in [0.15, 0.2) is 7.85 Å². The highest BCUT2D eigenvalue weighted by molar-refractivity contribution is 6.64. The van der Waals surface area contributed by atoms with E-state index >= 15 is 0 Å². The molecule has 7 nitrogen and oxygen atoms in total. The van der Waals surface area contributed by atoms with Crippen LogP contribution in [0.15, 0.2) is 24.3 Å². The van der Waals surface area contributed by atoms with Crippen molar-refractivity contribution in [1.29, 1.82) is 0 Å². The molecule has 0 aromatic heterocycles. The van der Waals surface area contributed by atoms with Gasteiger partial charge in [0.05, 0.1) is 22.9 Å². The molecule has 1 saturated heterocycles. The third-order valence-corrected chi connectivity index (χ3v) is 9.89. The summed E-state index contributed by atoms with van der Waals surface area (Å²) in [5.41, 5.74) is 0.587. The van der Waals surface area contributed by atoms with Gasteiger partial charge >= 0.3 is 0 Å². The Kier molecular flexibility index (Phi) is 11.7. The van der Waals surface area contributed by atoms with Crippen LogP contribution in [0.3, 0.4) is 0 Å². The topological polar surface area (TPSA) is 92.8 Å². The quantitative estimate of drug-likeness (QED) is 0.217. The molecule has 0 bridgehead atoms. The molecule has 2 unspecified atom stereocenters. The summed E-state index contributed by atoms with van der Waals surface area (Å²) < 4.78 is 6.13. The van der Waals surface area contributed by atoms with Crippen molar-refractivity contribution in [1.82, 2.24) is 5.32 Å². The summed E-state index contributed by atoms with van der Waals surface area (Å²) in [6.45, 7) is 21.0. The number of nitrogens with zero attached hydrogens (tertiary/aromatic N) is 1. The molecule has 1 aliphatic rings. The highest BCUT2D eigenvalue weighted by atomic mass is 16.5. The zero-order valence-electron chi connectivity index (χ0n) is 29.0. The first kappa shape index (κ1) is 36.8. The predicted molar refractivity (Wildman–Crippen MR) is 180 cm³/mol. The van der Waals surface area contributed by atoms with Gasteiger partial charge in [-0.05, 0) is 87.2 Å². The van der Waals surface area contributed by atoms with Crippen molar-refractivity contribution in [3.63, 3.8) is 0 Å². The van der Waals surface area contributed by atoms with E-state index < -0.39 is 0 Å². The molecule has 43 heavy (non-hydrogen) atoms. The van der Waals surface area contributed by atoms with E-state index in [1.807, 2.05) is 66.7 Å². The minimum Gasteiger partial charge on any atom is -0.376 e. The van der Waals surface area contributed by atoms with E-state index in [1.54, 1.807) is 7.85 Å². The lowest BCUT2D eigenvalue weighted by molar-refractivity contribution is -0.124. The van der Waals surface area contributed by atoms with Gasteiger partial charge < -0.3 is 14.8 Å². The van der Waals surface area contributed by atoms with Crippen LogP contribution in [0.2, 0.25) is 5.31 Å². The van der Waals surface area contributed by atoms with Crippen molar-refractivity contribution in [2.75, 3.05) is 11.5 Å². The molecule has 9 heteroatoms. The highest BCUT2D eigenvalue weighted by Crippen LogP contribution is 2.40. The van der Waals surface area contributed by atoms with Crippen LogP contribution >= 0.6 is 0 Å². The molecule has 1 fully saturated rings. The number of rotatable bonds is 16. The van der Waals surface area contributed by atoms with Crippen molar-refractivity contribution in [2.45, 2.75) is 136 Å². The Morgan fingerprint density at radius 1 is 0.930 bits per heavy atom. The number of imide groups is 1. The van der Waals surface area contributed by atoms with E-state index in [0.29, 0.717) is 31.6 Å². The first-order valence-corrected chi connectivity index (χ1v) is 16.0. The molecule has 1 aliphatic heterocycles. The predicted octanol–water partition coefficient (Wildman–Crippen LogP) is 4.89. The van der Waals surface area contributed by atoms with Crippen LogP contribution in [0.1, 0.15) is 120 Å². The third-order valence-electron chi connectivity index (χ3n) is 9.89. The number of amides is 3. The first-order chi connectivity index (χ1) is 19.5. The molecular weight excluding hydrogens is 538 g/mol. The summed E-state index contributed by atoms with van der Waals surface area (Å²) >= 11 is 0. The standard InChI is InChI=1S/C34H56B2N2O5/c1-11-30(2,3)25-22-27(40)38(28(25)41)24-14-12-23(13-15-24)31(4,5)17-16-26(39)37-32(6,7)18-19-33(8,9)43-21-20-34(10,36)29(35)42/h12-15,25H,11,16-22,35-36H2,1-10H3,(H,37,39). The van der Waals surface area contributed by atoms with Crippen molar-refractivity contribution < 1.29 is 23.9 Å². The summed E-state index contributed by atoms with van der Waals surface area (Å²) in [5, 5.41) is 2.82. The van der Waals surface area contributed by atoms with E-state index in [1.165, 1.54) is 4.90 Å². The Labute approximate surface area is 262 Å². The molecule has 0 radical (unpaired) electrons. The maximum atomic E-state index is 13.1. The van der Waals surface area contributed by atoms with Gasteiger partial charge in [0.1, 0.15) is 7.85 Å². The first-order valence-electron chi connectivity index (χ1n) is 16.0. The van der Waals surface area contributed by atoms with Crippen LogP contribution in [0.25, 0.3) is 0 Å². The van der Waals surface area contributed by atoms with Crippen molar-refractivity contribution in [3.05, 3.63) is 29.8 Å². The molecule has 2 atom stereocenters. The van der Waals surface area contributed by atoms with Crippen LogP contribution in [0.4, 0.5) is 5.69 Å². The van der Waals surface area contributed by atoms with Crippen LogP contribution in [-0.2, 0) is 29.3 Å². The van der Waals surface area contributed by atoms with E-state index in [-0.39, 0.29) is 63.0 Å². The van der Waals surface area contributed by atoms with Gasteiger partial charge in [-0.1, -0.05) is 60.1 Å². The molecule has 1 N–H and O–H groups in total. The summed E-state index contributed by atoms with van der Waals surface area (Å²) in [6, 6.07) is 7.63. The normalized spacial score (nSPS) is 18.1. The fourth-order valence-electron chi connectivity index (χ4n) is 5.34. The molecule has 1 aromatic rings. The van der Waals surface area contributed by atoms with Gasteiger partial charge in [0.2, 0.25) is 17.7 Å². The molecule has 238 valence electrons. The molecule has 0 saturated carbocycles. The van der Waals surface area contributed by atoms with Gasteiger partial charge in [-0.15, -0.1) is 0 Å². The van der Waals surface area contributed by atoms with Crippen molar-refractivity contribution in [3.8, 4) is 0 Å². The Bertz CT molecular complexity index is 1170. The average molecular weight is 594 g/mol. The van der Waals surface area contributed by atoms with Gasteiger partial charge in [-0.2, -0.15) is 0 Å². The van der Waals surface area contributed by atoms with Crippen LogP contribution in [0, 0.1) is 11.3 Å². The fourth-order valence-corrected chi connectivity index (χ4v) is 5.34. The largest absolute Gasteiger partial charge is 0.376 e. The van der Waals surface area contributed by atoms with E-state index in [2.05, 4.69) is 39.9 Å². The van der Waals surface area contributed by atoms with Gasteiger partial charge in [-0.3, -0.25) is 19.3 Å². The molecule has 1 aromatic carbocycles. The third kappa shape index (κ3) is 10.1. The minimum absolute atomic E-state index is 0.00877. The summed E-state index contributed by atoms with van der Waals surface area (Å²) in [4.78, 5) is 52.0. The monoisotopic (exact) mass is 594 g/mol. The molecule has 1 heterocycles. The molecule has 2 rings (SSSR count). The number of benzene rings is 1. The Morgan fingerprint density at radius 2 is 1.51 bits per heavy atom. The number of hydrogen-bond acceptors (Lipinski definition) is 5. The SMILES string of the molecule is BC(=O)C(B)(C)CCOC(C)(C)CCC(C)(C)NC(=O)CCC(C)(C)c1ccc(N2C(=O)CC(C(C)(C)CC)C2=O)cc1. The summed E-state index contributed by atoms with van der Waals surface area (Å²) in [7, 11) is 3.57. The fraction of sp³-hybridized carbons (Fsp3) is 0.706. The zero-order chi connectivity index (χ0) is 33.0. The molecular formula is C34H56B2N2O5. The number of hydrogen-bond donors (Lipinski definition) is 1. The summed E-state index contributed by atoms with van der Waals surface area (Å²) in [5.74, 6) is -0.549. The molecule has 0 aliphatic carbocycles. The van der Waals surface area contributed by atoms with Crippen molar-refractivity contribution in [2.24, 2.45) is 11.3 Å².